The number of anilines is 3. The summed E-state index contributed by atoms with van der Waals surface area (Å²) in [6.45, 7) is 6.79. The molecule has 0 saturated heterocycles. The Morgan fingerprint density at radius 2 is 0.809 bits per heavy atom. The molecule has 1 heteroatoms. The normalized spacial score (nSPS) is 12.8. The van der Waals surface area contributed by atoms with Crippen LogP contribution < -0.4 is 4.90 Å². The van der Waals surface area contributed by atoms with Crippen LogP contribution in [0, 0.1) is 0 Å². The van der Waals surface area contributed by atoms with E-state index in [1.54, 1.807) is 0 Å². The highest BCUT2D eigenvalue weighted by Crippen LogP contribution is 2.57. The van der Waals surface area contributed by atoms with Crippen molar-refractivity contribution in [3.8, 4) is 44.5 Å². The number of fused-ring (bicyclic) bond motifs is 5. The van der Waals surface area contributed by atoms with Gasteiger partial charge in [0.05, 0.1) is 11.1 Å². The van der Waals surface area contributed by atoms with Crippen LogP contribution in [0.5, 0.6) is 0 Å². The van der Waals surface area contributed by atoms with Gasteiger partial charge in [-0.25, -0.2) is 0 Å². The molecule has 324 valence electrons. The van der Waals surface area contributed by atoms with Crippen LogP contribution in [0.1, 0.15) is 48.6 Å². The van der Waals surface area contributed by atoms with Crippen LogP contribution in [0.25, 0.3) is 66.1 Å². The monoisotopic (exact) mass is 869 g/mol. The van der Waals surface area contributed by atoms with Gasteiger partial charge in [0, 0.05) is 16.9 Å². The molecule has 12 rings (SSSR count). The van der Waals surface area contributed by atoms with Crippen molar-refractivity contribution in [2.45, 2.75) is 31.6 Å². The van der Waals surface area contributed by atoms with Crippen LogP contribution in [0.15, 0.2) is 255 Å². The van der Waals surface area contributed by atoms with Crippen LogP contribution in [-0.2, 0) is 10.8 Å². The smallest absolute Gasteiger partial charge is 0.0713 e. The highest BCUT2D eigenvalue weighted by atomic mass is 15.1. The van der Waals surface area contributed by atoms with Gasteiger partial charge in [0.2, 0.25) is 0 Å². The zero-order chi connectivity index (χ0) is 45.8. The summed E-state index contributed by atoms with van der Waals surface area (Å²) >= 11 is 0. The fraction of sp³-hybridized carbons (Fsp3) is 0.0746. The molecule has 68 heavy (non-hydrogen) atoms. The second-order valence-corrected chi connectivity index (χ2v) is 19.3. The van der Waals surface area contributed by atoms with Gasteiger partial charge in [0.15, 0.2) is 0 Å². The fourth-order valence-electron chi connectivity index (χ4n) is 11.0. The topological polar surface area (TPSA) is 3.24 Å². The van der Waals surface area contributed by atoms with Crippen molar-refractivity contribution < 1.29 is 0 Å². The Morgan fingerprint density at radius 3 is 1.44 bits per heavy atom. The standard InChI is InChI=1S/C67H51N/c1-66(2,3)52-38-33-48(34-39-52)46-29-31-47(32-30-46)49-35-40-55(41-36-49)68(64-44-37-51-18-11-13-25-58(51)65(64)60-27-16-19-50-17-10-12-24-57(50)60)56-42-43-63-61(45-56)59-26-14-15-28-62(59)67(63,53-20-6-4-7-21-53)54-22-8-5-9-23-54/h4-45H,1-3H3. The van der Waals surface area contributed by atoms with Crippen LogP contribution >= 0.6 is 0 Å². The van der Waals surface area contributed by atoms with Crippen molar-refractivity contribution in [2.24, 2.45) is 0 Å². The predicted molar refractivity (Wildman–Crippen MR) is 288 cm³/mol. The highest BCUT2D eigenvalue weighted by Gasteiger charge is 2.46. The lowest BCUT2D eigenvalue weighted by Gasteiger charge is -2.34. The first kappa shape index (κ1) is 41.2. The van der Waals surface area contributed by atoms with Crippen LogP contribution in [0.4, 0.5) is 17.1 Å². The Kier molecular flexibility index (Phi) is 10.0. The van der Waals surface area contributed by atoms with Gasteiger partial charge in [-0.15, -0.1) is 0 Å². The molecule has 11 aromatic rings. The Hall–Kier alpha value is -8.26. The lowest BCUT2D eigenvalue weighted by molar-refractivity contribution is 0.590. The predicted octanol–water partition coefficient (Wildman–Crippen LogP) is 18.1. The molecule has 0 radical (unpaired) electrons. The van der Waals surface area contributed by atoms with Gasteiger partial charge < -0.3 is 4.90 Å². The summed E-state index contributed by atoms with van der Waals surface area (Å²) in [5, 5.41) is 4.88. The minimum atomic E-state index is -0.484. The molecule has 0 N–H and O–H groups in total. The lowest BCUT2D eigenvalue weighted by Crippen LogP contribution is -2.28. The zero-order valence-corrected chi connectivity index (χ0v) is 38.7. The van der Waals surface area contributed by atoms with Crippen molar-refractivity contribution in [3.63, 3.8) is 0 Å². The Bertz CT molecular complexity index is 3570. The third-order valence-electron chi connectivity index (χ3n) is 14.3. The first-order valence-corrected chi connectivity index (χ1v) is 23.8. The molecule has 0 bridgehead atoms. The minimum absolute atomic E-state index is 0.124. The molecule has 0 aromatic heterocycles. The summed E-state index contributed by atoms with van der Waals surface area (Å²) in [5.74, 6) is 0. The Morgan fingerprint density at radius 1 is 0.338 bits per heavy atom. The van der Waals surface area contributed by atoms with E-state index in [9.17, 15) is 0 Å². The lowest BCUT2D eigenvalue weighted by atomic mass is 9.68. The highest BCUT2D eigenvalue weighted by molar-refractivity contribution is 6.11. The van der Waals surface area contributed by atoms with Gasteiger partial charge in [0.1, 0.15) is 0 Å². The summed E-state index contributed by atoms with van der Waals surface area (Å²) in [7, 11) is 0. The fourth-order valence-corrected chi connectivity index (χ4v) is 11.0. The summed E-state index contributed by atoms with van der Waals surface area (Å²) < 4.78 is 0. The molecule has 0 heterocycles. The molecule has 0 fully saturated rings. The van der Waals surface area contributed by atoms with E-state index in [-0.39, 0.29) is 5.41 Å². The molecule has 0 spiro atoms. The second-order valence-electron chi connectivity index (χ2n) is 19.3. The van der Waals surface area contributed by atoms with Gasteiger partial charge in [-0.1, -0.05) is 245 Å². The zero-order valence-electron chi connectivity index (χ0n) is 38.7. The van der Waals surface area contributed by atoms with E-state index in [4.69, 9.17) is 0 Å². The summed E-state index contributed by atoms with van der Waals surface area (Å²) in [5.41, 5.74) is 19.1. The average Bonchev–Trinajstić information content (AvgIpc) is 3.69. The van der Waals surface area contributed by atoms with E-state index < -0.39 is 5.41 Å². The maximum atomic E-state index is 2.49. The maximum absolute atomic E-state index is 2.49. The molecule has 0 saturated carbocycles. The van der Waals surface area contributed by atoms with Crippen molar-refractivity contribution in [2.75, 3.05) is 4.90 Å². The Labute approximate surface area is 400 Å². The largest absolute Gasteiger partial charge is 0.310 e. The van der Waals surface area contributed by atoms with Gasteiger partial charge in [0.25, 0.3) is 0 Å². The van der Waals surface area contributed by atoms with Crippen LogP contribution in [0.3, 0.4) is 0 Å². The SMILES string of the molecule is CC(C)(C)c1ccc(-c2ccc(-c3ccc(N(c4ccc5c(c4)-c4ccccc4C5(c4ccccc4)c4ccccc4)c4ccc5ccccc5c4-c4cccc5ccccc45)cc3)cc2)cc1. The maximum Gasteiger partial charge on any atom is 0.0713 e. The average molecular weight is 870 g/mol. The van der Waals surface area contributed by atoms with E-state index in [2.05, 4.69) is 280 Å². The molecule has 1 aliphatic carbocycles. The molecule has 0 atom stereocenters. The third-order valence-corrected chi connectivity index (χ3v) is 14.3. The first-order chi connectivity index (χ1) is 33.4. The van der Waals surface area contributed by atoms with E-state index >= 15 is 0 Å². The van der Waals surface area contributed by atoms with E-state index in [1.165, 1.54) is 93.9 Å². The summed E-state index contributed by atoms with van der Waals surface area (Å²) in [6.07, 6.45) is 0. The minimum Gasteiger partial charge on any atom is -0.310 e. The number of hydrogen-bond donors (Lipinski definition) is 0. The van der Waals surface area contributed by atoms with Crippen molar-refractivity contribution in [1.29, 1.82) is 0 Å². The van der Waals surface area contributed by atoms with E-state index in [0.717, 1.165) is 17.1 Å². The quantitative estimate of drug-likeness (QED) is 0.147. The van der Waals surface area contributed by atoms with Crippen LogP contribution in [-0.4, -0.2) is 0 Å². The van der Waals surface area contributed by atoms with Gasteiger partial charge in [-0.05, 0) is 124 Å². The van der Waals surface area contributed by atoms with Gasteiger partial charge >= 0.3 is 0 Å². The third kappa shape index (κ3) is 6.85. The number of benzene rings is 11. The van der Waals surface area contributed by atoms with Gasteiger partial charge in [-0.2, -0.15) is 0 Å². The second kappa shape index (κ2) is 16.6. The number of rotatable bonds is 8. The van der Waals surface area contributed by atoms with Crippen LogP contribution in [0.2, 0.25) is 0 Å². The van der Waals surface area contributed by atoms with E-state index in [0.29, 0.717) is 0 Å². The van der Waals surface area contributed by atoms with Crippen molar-refractivity contribution >= 4 is 38.6 Å². The molecule has 1 nitrogen and oxygen atoms in total. The van der Waals surface area contributed by atoms with Crippen molar-refractivity contribution in [1.82, 2.24) is 0 Å². The van der Waals surface area contributed by atoms with E-state index in [1.807, 2.05) is 0 Å². The summed E-state index contributed by atoms with van der Waals surface area (Å²) in [4.78, 5) is 2.49. The molecule has 0 unspecified atom stereocenters. The Balaban J connectivity index is 1.05. The molecule has 11 aromatic carbocycles. The number of nitrogens with zero attached hydrogens (tertiary/aromatic N) is 1. The number of hydrogen-bond acceptors (Lipinski definition) is 1. The van der Waals surface area contributed by atoms with Gasteiger partial charge in [-0.3, -0.25) is 0 Å². The molecule has 0 aliphatic heterocycles. The van der Waals surface area contributed by atoms with Crippen molar-refractivity contribution in [3.05, 3.63) is 283 Å². The molecular weight excluding hydrogens is 819 g/mol. The molecule has 1 aliphatic rings. The first-order valence-electron chi connectivity index (χ1n) is 23.8. The molecule has 0 amide bonds. The summed E-state index contributed by atoms with van der Waals surface area (Å²) in [6, 6.07) is 94.5. The molecular formula is C67H51N.